The molecule has 0 saturated heterocycles. The lowest BCUT2D eigenvalue weighted by molar-refractivity contribution is 0.0731. The standard InChI is InChI=1S/C23H23N3O3S/c1-26(14-19-15-28-20-9-2-3-10-21(20)29-19)23(27)25-18-8-6-7-17(13-18)16-30-22-11-4-5-12-24-22/h2-13,19H,14-16H2,1H3,(H,25,27). The molecule has 30 heavy (non-hydrogen) atoms. The molecular weight excluding hydrogens is 398 g/mol. The molecule has 1 unspecified atom stereocenters. The number of nitrogens with zero attached hydrogens (tertiary/aromatic N) is 2. The Morgan fingerprint density at radius 2 is 1.97 bits per heavy atom. The fourth-order valence-corrected chi connectivity index (χ4v) is 3.89. The van der Waals surface area contributed by atoms with Gasteiger partial charge in [-0.05, 0) is 42.0 Å². The number of anilines is 1. The van der Waals surface area contributed by atoms with Crippen molar-refractivity contribution < 1.29 is 14.3 Å². The third kappa shape index (κ3) is 5.24. The zero-order chi connectivity index (χ0) is 20.8. The second-order valence-electron chi connectivity index (χ2n) is 6.97. The molecule has 0 fully saturated rings. The van der Waals surface area contributed by atoms with Crippen molar-refractivity contribution in [2.24, 2.45) is 0 Å². The number of hydrogen-bond donors (Lipinski definition) is 1. The van der Waals surface area contributed by atoms with Gasteiger partial charge in [0.1, 0.15) is 6.61 Å². The average molecular weight is 422 g/mol. The summed E-state index contributed by atoms with van der Waals surface area (Å²) in [5.74, 6) is 2.23. The normalized spacial score (nSPS) is 14.8. The minimum atomic E-state index is -0.211. The Balaban J connectivity index is 1.30. The number of likely N-dealkylation sites (N-methyl/N-ethyl adjacent to an activating group) is 1. The highest BCUT2D eigenvalue weighted by Crippen LogP contribution is 2.31. The van der Waals surface area contributed by atoms with Gasteiger partial charge in [-0.2, -0.15) is 0 Å². The van der Waals surface area contributed by atoms with Gasteiger partial charge in [-0.1, -0.05) is 30.3 Å². The van der Waals surface area contributed by atoms with Gasteiger partial charge in [-0.15, -0.1) is 11.8 Å². The van der Waals surface area contributed by atoms with Gasteiger partial charge in [-0.25, -0.2) is 9.78 Å². The first-order chi connectivity index (χ1) is 14.7. The molecule has 0 aliphatic carbocycles. The van der Waals surface area contributed by atoms with Crippen LogP contribution in [0.1, 0.15) is 5.56 Å². The number of carbonyl (C=O) groups excluding carboxylic acids is 1. The lowest BCUT2D eigenvalue weighted by atomic mass is 10.2. The van der Waals surface area contributed by atoms with Gasteiger partial charge in [0.25, 0.3) is 0 Å². The number of para-hydroxylation sites is 2. The lowest BCUT2D eigenvalue weighted by Crippen LogP contribution is -2.43. The quantitative estimate of drug-likeness (QED) is 0.586. The Hall–Kier alpha value is -3.19. The van der Waals surface area contributed by atoms with E-state index in [-0.39, 0.29) is 12.1 Å². The number of pyridine rings is 1. The fourth-order valence-electron chi connectivity index (χ4n) is 3.09. The van der Waals surface area contributed by atoms with Crippen LogP contribution in [0.3, 0.4) is 0 Å². The van der Waals surface area contributed by atoms with Crippen LogP contribution in [-0.4, -0.2) is 42.2 Å². The van der Waals surface area contributed by atoms with E-state index in [1.165, 1.54) is 0 Å². The molecule has 2 heterocycles. The molecule has 3 aromatic rings. The van der Waals surface area contributed by atoms with Gasteiger partial charge < -0.3 is 19.7 Å². The SMILES string of the molecule is CN(CC1COc2ccccc2O1)C(=O)Nc1cccc(CSc2ccccn2)c1. The Labute approximate surface area is 180 Å². The Morgan fingerprint density at radius 3 is 2.80 bits per heavy atom. The molecule has 0 spiro atoms. The van der Waals surface area contributed by atoms with E-state index in [0.29, 0.717) is 18.9 Å². The molecule has 1 atom stereocenters. The lowest BCUT2D eigenvalue weighted by Gasteiger charge is -2.29. The van der Waals surface area contributed by atoms with Crippen LogP contribution in [0, 0.1) is 0 Å². The molecule has 7 heteroatoms. The number of thioether (sulfide) groups is 1. The number of benzene rings is 2. The van der Waals surface area contributed by atoms with Crippen molar-refractivity contribution in [2.45, 2.75) is 16.9 Å². The van der Waals surface area contributed by atoms with E-state index in [1.54, 1.807) is 29.9 Å². The first-order valence-corrected chi connectivity index (χ1v) is 10.7. The number of hydrogen-bond acceptors (Lipinski definition) is 5. The van der Waals surface area contributed by atoms with Gasteiger partial charge in [0.05, 0.1) is 11.6 Å². The zero-order valence-corrected chi connectivity index (χ0v) is 17.5. The maximum atomic E-state index is 12.6. The predicted molar refractivity (Wildman–Crippen MR) is 118 cm³/mol. The summed E-state index contributed by atoms with van der Waals surface area (Å²) >= 11 is 1.66. The summed E-state index contributed by atoms with van der Waals surface area (Å²) in [7, 11) is 1.75. The maximum absolute atomic E-state index is 12.6. The van der Waals surface area contributed by atoms with Crippen molar-refractivity contribution in [1.29, 1.82) is 0 Å². The molecule has 1 aliphatic rings. The third-order valence-electron chi connectivity index (χ3n) is 4.59. The van der Waals surface area contributed by atoms with Crippen LogP contribution in [0.4, 0.5) is 10.5 Å². The largest absolute Gasteiger partial charge is 0.486 e. The van der Waals surface area contributed by atoms with Crippen molar-refractivity contribution in [3.8, 4) is 11.5 Å². The number of rotatable bonds is 6. The highest BCUT2D eigenvalue weighted by Gasteiger charge is 2.23. The van der Waals surface area contributed by atoms with E-state index in [0.717, 1.165) is 27.8 Å². The van der Waals surface area contributed by atoms with Crippen molar-refractivity contribution in [3.05, 3.63) is 78.5 Å². The van der Waals surface area contributed by atoms with Gasteiger partial charge in [0, 0.05) is 24.7 Å². The van der Waals surface area contributed by atoms with E-state index >= 15 is 0 Å². The molecule has 2 amide bonds. The van der Waals surface area contributed by atoms with Crippen molar-refractivity contribution >= 4 is 23.5 Å². The summed E-state index contributed by atoms with van der Waals surface area (Å²) in [5.41, 5.74) is 1.88. The summed E-state index contributed by atoms with van der Waals surface area (Å²) in [6.45, 7) is 0.838. The first kappa shape index (κ1) is 20.1. The van der Waals surface area contributed by atoms with E-state index in [1.807, 2.05) is 66.7 Å². The average Bonchev–Trinajstić information content (AvgIpc) is 2.78. The highest BCUT2D eigenvalue weighted by molar-refractivity contribution is 7.98. The minimum Gasteiger partial charge on any atom is -0.486 e. The second kappa shape index (κ2) is 9.54. The van der Waals surface area contributed by atoms with Crippen LogP contribution in [0.25, 0.3) is 0 Å². The molecule has 4 rings (SSSR count). The van der Waals surface area contributed by atoms with Crippen LogP contribution in [0.15, 0.2) is 78.0 Å². The van der Waals surface area contributed by atoms with Crippen LogP contribution in [0.5, 0.6) is 11.5 Å². The molecule has 1 N–H and O–H groups in total. The van der Waals surface area contributed by atoms with Crippen LogP contribution in [-0.2, 0) is 5.75 Å². The number of fused-ring (bicyclic) bond motifs is 1. The van der Waals surface area contributed by atoms with Crippen molar-refractivity contribution in [3.63, 3.8) is 0 Å². The predicted octanol–water partition coefficient (Wildman–Crippen LogP) is 4.68. The summed E-state index contributed by atoms with van der Waals surface area (Å²) < 4.78 is 11.7. The fraction of sp³-hybridized carbons (Fsp3) is 0.217. The number of amides is 2. The molecule has 6 nitrogen and oxygen atoms in total. The van der Waals surface area contributed by atoms with Crippen molar-refractivity contribution in [2.75, 3.05) is 25.5 Å². The Morgan fingerprint density at radius 1 is 1.13 bits per heavy atom. The van der Waals surface area contributed by atoms with Crippen LogP contribution in [0.2, 0.25) is 0 Å². The number of aromatic nitrogens is 1. The third-order valence-corrected chi connectivity index (χ3v) is 5.61. The van der Waals surface area contributed by atoms with E-state index in [9.17, 15) is 4.79 Å². The minimum absolute atomic E-state index is 0.188. The number of carbonyl (C=O) groups is 1. The van der Waals surface area contributed by atoms with E-state index in [4.69, 9.17) is 9.47 Å². The molecule has 1 aromatic heterocycles. The van der Waals surface area contributed by atoms with Gasteiger partial charge in [-0.3, -0.25) is 0 Å². The van der Waals surface area contributed by atoms with Gasteiger partial charge >= 0.3 is 6.03 Å². The maximum Gasteiger partial charge on any atom is 0.321 e. The summed E-state index contributed by atoms with van der Waals surface area (Å²) in [6.07, 6.45) is 1.57. The molecule has 154 valence electrons. The van der Waals surface area contributed by atoms with Crippen LogP contribution < -0.4 is 14.8 Å². The zero-order valence-electron chi connectivity index (χ0n) is 16.7. The number of urea groups is 1. The molecule has 2 aromatic carbocycles. The van der Waals surface area contributed by atoms with E-state index < -0.39 is 0 Å². The highest BCUT2D eigenvalue weighted by atomic mass is 32.2. The van der Waals surface area contributed by atoms with Crippen molar-refractivity contribution in [1.82, 2.24) is 9.88 Å². The Kier molecular flexibility index (Phi) is 6.39. The molecular formula is C23H23N3O3S. The number of nitrogens with one attached hydrogen (secondary N) is 1. The monoisotopic (exact) mass is 421 g/mol. The van der Waals surface area contributed by atoms with Crippen LogP contribution >= 0.6 is 11.8 Å². The molecule has 0 bridgehead atoms. The topological polar surface area (TPSA) is 63.7 Å². The van der Waals surface area contributed by atoms with Gasteiger partial charge in [0.15, 0.2) is 17.6 Å². The summed E-state index contributed by atoms with van der Waals surface area (Å²) in [4.78, 5) is 18.6. The first-order valence-electron chi connectivity index (χ1n) is 9.71. The molecule has 0 radical (unpaired) electrons. The smallest absolute Gasteiger partial charge is 0.321 e. The molecule has 1 aliphatic heterocycles. The summed E-state index contributed by atoms with van der Waals surface area (Å²) in [6, 6.07) is 21.1. The Bertz CT molecular complexity index is 1000. The van der Waals surface area contributed by atoms with Gasteiger partial charge in [0.2, 0.25) is 0 Å². The second-order valence-corrected chi connectivity index (χ2v) is 7.96. The summed E-state index contributed by atoms with van der Waals surface area (Å²) in [5, 5.41) is 3.93. The molecule has 0 saturated carbocycles. The van der Waals surface area contributed by atoms with E-state index in [2.05, 4.69) is 10.3 Å². The number of ether oxygens (including phenoxy) is 2.